The summed E-state index contributed by atoms with van der Waals surface area (Å²) < 4.78 is 0. The molecule has 21 heavy (non-hydrogen) atoms. The minimum atomic E-state index is -0.0520. The van der Waals surface area contributed by atoms with Crippen LogP contribution >= 0.6 is 11.8 Å². The molecule has 0 bridgehead atoms. The van der Waals surface area contributed by atoms with Gasteiger partial charge in [0.05, 0.1) is 11.9 Å². The minimum Gasteiger partial charge on any atom is -0.384 e. The number of pyridine rings is 1. The molecule has 116 valence electrons. The first-order chi connectivity index (χ1) is 10.2. The lowest BCUT2D eigenvalue weighted by atomic mass is 9.95. The number of anilines is 1. The predicted molar refractivity (Wildman–Crippen MR) is 90.0 cm³/mol. The summed E-state index contributed by atoms with van der Waals surface area (Å²) in [5.41, 5.74) is 1.47. The average molecular weight is 307 g/mol. The maximum atomic E-state index is 12.2. The zero-order chi connectivity index (χ0) is 15.1. The van der Waals surface area contributed by atoms with Crippen LogP contribution in [0.2, 0.25) is 0 Å². The Morgan fingerprint density at radius 1 is 1.43 bits per heavy atom. The van der Waals surface area contributed by atoms with Gasteiger partial charge in [-0.2, -0.15) is 11.8 Å². The lowest BCUT2D eigenvalue weighted by Crippen LogP contribution is -2.39. The molecule has 1 aromatic rings. The third-order valence-corrected chi connectivity index (χ3v) is 4.96. The number of amides is 1. The van der Waals surface area contributed by atoms with E-state index in [-0.39, 0.29) is 5.91 Å². The van der Waals surface area contributed by atoms with Gasteiger partial charge in [-0.3, -0.25) is 4.79 Å². The Kier molecular flexibility index (Phi) is 6.36. The molecule has 0 spiro atoms. The van der Waals surface area contributed by atoms with Gasteiger partial charge in [0.1, 0.15) is 5.69 Å². The summed E-state index contributed by atoms with van der Waals surface area (Å²) in [5, 5.41) is 7.06. The molecule has 0 aliphatic heterocycles. The van der Waals surface area contributed by atoms with Gasteiger partial charge in [0.2, 0.25) is 0 Å². The van der Waals surface area contributed by atoms with Crippen LogP contribution in [0.1, 0.15) is 49.5 Å². The third-order valence-electron chi connectivity index (χ3n) is 3.87. The van der Waals surface area contributed by atoms with E-state index < -0.39 is 0 Å². The van der Waals surface area contributed by atoms with E-state index in [0.29, 0.717) is 17.0 Å². The monoisotopic (exact) mass is 307 g/mol. The van der Waals surface area contributed by atoms with Crippen molar-refractivity contribution in [2.45, 2.75) is 50.3 Å². The maximum absolute atomic E-state index is 12.2. The van der Waals surface area contributed by atoms with Crippen molar-refractivity contribution in [3.8, 4) is 0 Å². The van der Waals surface area contributed by atoms with Crippen molar-refractivity contribution in [1.29, 1.82) is 0 Å². The molecule has 2 atom stereocenters. The van der Waals surface area contributed by atoms with Gasteiger partial charge >= 0.3 is 0 Å². The first-order valence-electron chi connectivity index (χ1n) is 7.76. The average Bonchev–Trinajstić information content (AvgIpc) is 2.53. The fourth-order valence-corrected chi connectivity index (χ4v) is 3.48. The SMILES string of the molecule is CCCNc1ccc(C(=O)NC2CCCC(SC)C2)nc1. The molecule has 2 unspecified atom stereocenters. The highest BCUT2D eigenvalue weighted by Crippen LogP contribution is 2.27. The maximum Gasteiger partial charge on any atom is 0.270 e. The van der Waals surface area contributed by atoms with Gasteiger partial charge < -0.3 is 10.6 Å². The summed E-state index contributed by atoms with van der Waals surface area (Å²) in [4.78, 5) is 16.5. The molecule has 1 aliphatic rings. The van der Waals surface area contributed by atoms with Crippen LogP contribution in [0.3, 0.4) is 0 Å². The number of carbonyl (C=O) groups excluding carboxylic acids is 1. The van der Waals surface area contributed by atoms with Crippen LogP contribution in [-0.4, -0.2) is 35.0 Å². The summed E-state index contributed by atoms with van der Waals surface area (Å²) in [5.74, 6) is -0.0520. The molecule has 5 heteroatoms. The molecule has 1 fully saturated rings. The fraction of sp³-hybridized carbons (Fsp3) is 0.625. The van der Waals surface area contributed by atoms with Crippen molar-refractivity contribution in [2.75, 3.05) is 18.1 Å². The van der Waals surface area contributed by atoms with Gasteiger partial charge in [-0.1, -0.05) is 13.3 Å². The molecule has 1 aliphatic carbocycles. The van der Waals surface area contributed by atoms with Crippen LogP contribution in [0.4, 0.5) is 5.69 Å². The highest BCUT2D eigenvalue weighted by Gasteiger charge is 2.23. The van der Waals surface area contributed by atoms with Gasteiger partial charge in [0.25, 0.3) is 5.91 Å². The second kappa shape index (κ2) is 8.27. The lowest BCUT2D eigenvalue weighted by molar-refractivity contribution is 0.0923. The smallest absolute Gasteiger partial charge is 0.270 e. The number of nitrogens with one attached hydrogen (secondary N) is 2. The van der Waals surface area contributed by atoms with Crippen LogP contribution in [-0.2, 0) is 0 Å². The van der Waals surface area contributed by atoms with E-state index in [9.17, 15) is 4.79 Å². The van der Waals surface area contributed by atoms with E-state index in [2.05, 4.69) is 28.8 Å². The zero-order valence-electron chi connectivity index (χ0n) is 12.9. The number of aromatic nitrogens is 1. The molecule has 0 saturated heterocycles. The first-order valence-corrected chi connectivity index (χ1v) is 9.05. The second-order valence-electron chi connectivity index (χ2n) is 5.55. The normalized spacial score (nSPS) is 21.8. The van der Waals surface area contributed by atoms with Gasteiger partial charge in [-0.15, -0.1) is 0 Å². The topological polar surface area (TPSA) is 54.0 Å². The van der Waals surface area contributed by atoms with E-state index in [1.54, 1.807) is 12.3 Å². The molecule has 2 N–H and O–H groups in total. The van der Waals surface area contributed by atoms with Gasteiger partial charge in [-0.25, -0.2) is 4.98 Å². The van der Waals surface area contributed by atoms with Crippen LogP contribution in [0, 0.1) is 0 Å². The molecule has 1 heterocycles. The van der Waals surface area contributed by atoms with Crippen molar-refractivity contribution in [2.24, 2.45) is 0 Å². The van der Waals surface area contributed by atoms with E-state index in [4.69, 9.17) is 0 Å². The molecular formula is C16H25N3OS. The van der Waals surface area contributed by atoms with Gasteiger partial charge in [0, 0.05) is 17.8 Å². The molecular weight excluding hydrogens is 282 g/mol. The summed E-state index contributed by atoms with van der Waals surface area (Å²) in [6.45, 7) is 3.04. The van der Waals surface area contributed by atoms with E-state index >= 15 is 0 Å². The van der Waals surface area contributed by atoms with Crippen LogP contribution in [0.5, 0.6) is 0 Å². The molecule has 0 aromatic carbocycles. The fourth-order valence-electron chi connectivity index (χ4n) is 2.65. The van der Waals surface area contributed by atoms with Crippen molar-refractivity contribution in [3.63, 3.8) is 0 Å². The van der Waals surface area contributed by atoms with Crippen LogP contribution in [0.15, 0.2) is 18.3 Å². The highest BCUT2D eigenvalue weighted by molar-refractivity contribution is 7.99. The van der Waals surface area contributed by atoms with Crippen molar-refractivity contribution in [3.05, 3.63) is 24.0 Å². The van der Waals surface area contributed by atoms with Crippen LogP contribution < -0.4 is 10.6 Å². The number of rotatable bonds is 6. The van der Waals surface area contributed by atoms with E-state index in [1.165, 1.54) is 12.8 Å². The van der Waals surface area contributed by atoms with Crippen LogP contribution in [0.25, 0.3) is 0 Å². The summed E-state index contributed by atoms with van der Waals surface area (Å²) >= 11 is 1.91. The molecule has 2 rings (SSSR count). The first kappa shape index (κ1) is 16.1. The van der Waals surface area contributed by atoms with Gasteiger partial charge in [0.15, 0.2) is 0 Å². The molecule has 0 radical (unpaired) electrons. The highest BCUT2D eigenvalue weighted by atomic mass is 32.2. The molecule has 4 nitrogen and oxygen atoms in total. The zero-order valence-corrected chi connectivity index (χ0v) is 13.7. The quantitative estimate of drug-likeness (QED) is 0.846. The Balaban J connectivity index is 1.87. The summed E-state index contributed by atoms with van der Waals surface area (Å²) in [6, 6.07) is 4.01. The Morgan fingerprint density at radius 3 is 2.95 bits per heavy atom. The molecule has 1 aromatic heterocycles. The molecule has 1 amide bonds. The minimum absolute atomic E-state index is 0.0520. The largest absolute Gasteiger partial charge is 0.384 e. The van der Waals surface area contributed by atoms with Crippen molar-refractivity contribution < 1.29 is 4.79 Å². The van der Waals surface area contributed by atoms with Gasteiger partial charge in [-0.05, 0) is 44.1 Å². The second-order valence-corrected chi connectivity index (χ2v) is 6.69. The van der Waals surface area contributed by atoms with Crippen molar-refractivity contribution in [1.82, 2.24) is 10.3 Å². The third kappa shape index (κ3) is 4.92. The Hall–Kier alpha value is -1.23. The van der Waals surface area contributed by atoms with E-state index in [0.717, 1.165) is 31.5 Å². The van der Waals surface area contributed by atoms with Crippen molar-refractivity contribution >= 4 is 23.4 Å². The summed E-state index contributed by atoms with van der Waals surface area (Å²) in [6.07, 6.45) is 9.57. The summed E-state index contributed by atoms with van der Waals surface area (Å²) in [7, 11) is 0. The number of thioether (sulfide) groups is 1. The number of nitrogens with zero attached hydrogens (tertiary/aromatic N) is 1. The number of carbonyl (C=O) groups is 1. The predicted octanol–water partition coefficient (Wildman–Crippen LogP) is 3.31. The standard InChI is InChI=1S/C16H25N3OS/c1-3-9-17-13-7-8-15(18-11-13)16(20)19-12-5-4-6-14(10-12)21-2/h7-8,11-12,14,17H,3-6,9-10H2,1-2H3,(H,19,20). The lowest BCUT2D eigenvalue weighted by Gasteiger charge is -2.28. The Labute approximate surface area is 131 Å². The molecule has 1 saturated carbocycles. The van der Waals surface area contributed by atoms with E-state index in [1.807, 2.05) is 17.8 Å². The Morgan fingerprint density at radius 2 is 2.29 bits per heavy atom. The number of hydrogen-bond donors (Lipinski definition) is 2. The number of hydrogen-bond acceptors (Lipinski definition) is 4. The Bertz CT molecular complexity index is 449.